The lowest BCUT2D eigenvalue weighted by Gasteiger charge is -2.08. The fraction of sp³-hybridized carbons (Fsp3) is 0.316. The van der Waals surface area contributed by atoms with E-state index in [0.717, 1.165) is 41.1 Å². The Labute approximate surface area is 151 Å². The fourth-order valence-corrected chi connectivity index (χ4v) is 3.02. The monoisotopic (exact) mass is 347 g/mol. The summed E-state index contributed by atoms with van der Waals surface area (Å²) in [7, 11) is 0. The van der Waals surface area contributed by atoms with Gasteiger partial charge in [-0.3, -0.25) is 9.67 Å². The molecular weight excluding hydrogens is 326 g/mol. The van der Waals surface area contributed by atoms with E-state index in [1.165, 1.54) is 0 Å². The predicted molar refractivity (Wildman–Crippen MR) is 98.9 cm³/mol. The van der Waals surface area contributed by atoms with Gasteiger partial charge in [-0.05, 0) is 18.1 Å². The number of para-hydroxylation sites is 1. The van der Waals surface area contributed by atoms with Crippen molar-refractivity contribution in [1.82, 2.24) is 34.5 Å². The normalized spacial score (nSPS) is 11.5. The molecule has 3 aromatic heterocycles. The van der Waals surface area contributed by atoms with Gasteiger partial charge in [0.2, 0.25) is 0 Å². The summed E-state index contributed by atoms with van der Waals surface area (Å²) in [5.74, 6) is 2.27. The van der Waals surface area contributed by atoms with Crippen LogP contribution in [0.15, 0.2) is 49.2 Å². The first-order chi connectivity index (χ1) is 12.7. The summed E-state index contributed by atoms with van der Waals surface area (Å²) in [6.07, 6.45) is 6.64. The highest BCUT2D eigenvalue weighted by Gasteiger charge is 2.15. The number of nitrogens with zero attached hydrogens (tertiary/aromatic N) is 7. The Morgan fingerprint density at radius 2 is 2.00 bits per heavy atom. The van der Waals surface area contributed by atoms with Gasteiger partial charge in [0.05, 0.1) is 11.2 Å². The summed E-state index contributed by atoms with van der Waals surface area (Å²) in [6.45, 7) is 5.06. The Balaban J connectivity index is 1.76. The van der Waals surface area contributed by atoms with Gasteiger partial charge >= 0.3 is 0 Å². The van der Waals surface area contributed by atoms with E-state index in [1.807, 2.05) is 33.8 Å². The van der Waals surface area contributed by atoms with E-state index >= 15 is 0 Å². The number of rotatable bonds is 6. The molecule has 7 nitrogen and oxygen atoms in total. The second-order valence-electron chi connectivity index (χ2n) is 6.71. The second kappa shape index (κ2) is 7.03. The fourth-order valence-electron chi connectivity index (χ4n) is 3.02. The smallest absolute Gasteiger partial charge is 0.151 e. The van der Waals surface area contributed by atoms with Crippen LogP contribution in [0.4, 0.5) is 0 Å². The molecular formula is C19H21N7. The lowest BCUT2D eigenvalue weighted by molar-refractivity contribution is 0.590. The van der Waals surface area contributed by atoms with Gasteiger partial charge in [0, 0.05) is 31.0 Å². The molecule has 0 aliphatic carbocycles. The molecule has 4 rings (SSSR count). The van der Waals surface area contributed by atoms with Crippen molar-refractivity contribution in [3.63, 3.8) is 0 Å². The van der Waals surface area contributed by atoms with Crippen LogP contribution in [0.25, 0.3) is 16.6 Å². The van der Waals surface area contributed by atoms with Crippen molar-refractivity contribution in [3.8, 4) is 5.69 Å². The van der Waals surface area contributed by atoms with Gasteiger partial charge in [0.15, 0.2) is 5.82 Å². The van der Waals surface area contributed by atoms with Crippen molar-refractivity contribution in [1.29, 1.82) is 0 Å². The predicted octanol–water partition coefficient (Wildman–Crippen LogP) is 2.85. The molecule has 0 saturated heterocycles. The SMILES string of the molecule is CC(C)Cc1nc(CCn2cncn2)n(-c2cccc3cccnc23)n1. The maximum Gasteiger partial charge on any atom is 0.151 e. The summed E-state index contributed by atoms with van der Waals surface area (Å²) in [5.41, 5.74) is 1.89. The van der Waals surface area contributed by atoms with E-state index in [-0.39, 0.29) is 0 Å². The van der Waals surface area contributed by atoms with Gasteiger partial charge in [-0.2, -0.15) is 10.2 Å². The Bertz CT molecular complexity index is 997. The molecule has 4 aromatic rings. The van der Waals surface area contributed by atoms with E-state index in [9.17, 15) is 0 Å². The van der Waals surface area contributed by atoms with E-state index in [4.69, 9.17) is 10.1 Å². The lowest BCUT2D eigenvalue weighted by atomic mass is 10.1. The van der Waals surface area contributed by atoms with Crippen molar-refractivity contribution in [2.24, 2.45) is 5.92 Å². The minimum atomic E-state index is 0.500. The Morgan fingerprint density at radius 3 is 2.81 bits per heavy atom. The summed E-state index contributed by atoms with van der Waals surface area (Å²) in [4.78, 5) is 13.4. The number of fused-ring (bicyclic) bond motifs is 1. The second-order valence-corrected chi connectivity index (χ2v) is 6.71. The van der Waals surface area contributed by atoms with E-state index in [2.05, 4.69) is 41.0 Å². The molecule has 0 aliphatic heterocycles. The average Bonchev–Trinajstić information content (AvgIpc) is 3.28. The molecule has 26 heavy (non-hydrogen) atoms. The molecule has 0 atom stereocenters. The van der Waals surface area contributed by atoms with Crippen molar-refractivity contribution in [3.05, 3.63) is 60.8 Å². The number of aromatic nitrogens is 7. The van der Waals surface area contributed by atoms with Crippen molar-refractivity contribution >= 4 is 10.9 Å². The highest BCUT2D eigenvalue weighted by molar-refractivity contribution is 5.86. The summed E-state index contributed by atoms with van der Waals surface area (Å²) in [6, 6.07) is 10.1. The molecule has 0 unspecified atom stereocenters. The van der Waals surface area contributed by atoms with Crippen molar-refractivity contribution in [2.45, 2.75) is 33.2 Å². The van der Waals surface area contributed by atoms with Crippen molar-refractivity contribution < 1.29 is 0 Å². The van der Waals surface area contributed by atoms with Gasteiger partial charge in [0.1, 0.15) is 18.5 Å². The zero-order chi connectivity index (χ0) is 17.9. The molecule has 0 fully saturated rings. The van der Waals surface area contributed by atoms with Gasteiger partial charge < -0.3 is 0 Å². The molecule has 0 amide bonds. The molecule has 0 saturated carbocycles. The van der Waals surface area contributed by atoms with Crippen LogP contribution in [0.2, 0.25) is 0 Å². The van der Waals surface area contributed by atoms with Crippen LogP contribution in [0.5, 0.6) is 0 Å². The number of hydrogen-bond donors (Lipinski definition) is 0. The quantitative estimate of drug-likeness (QED) is 0.536. The maximum absolute atomic E-state index is 4.80. The minimum Gasteiger partial charge on any atom is -0.254 e. The first-order valence-corrected chi connectivity index (χ1v) is 8.82. The van der Waals surface area contributed by atoms with Crippen LogP contribution in [0.3, 0.4) is 0 Å². The highest BCUT2D eigenvalue weighted by atomic mass is 15.4. The molecule has 3 heterocycles. The number of pyridine rings is 1. The zero-order valence-corrected chi connectivity index (χ0v) is 14.9. The van der Waals surface area contributed by atoms with Crippen LogP contribution in [0.1, 0.15) is 25.5 Å². The van der Waals surface area contributed by atoms with Crippen LogP contribution >= 0.6 is 0 Å². The first kappa shape index (κ1) is 16.4. The molecule has 132 valence electrons. The summed E-state index contributed by atoms with van der Waals surface area (Å²) >= 11 is 0. The van der Waals surface area contributed by atoms with E-state index < -0.39 is 0 Å². The van der Waals surface area contributed by atoms with Crippen LogP contribution in [-0.2, 0) is 19.4 Å². The molecule has 0 radical (unpaired) electrons. The zero-order valence-electron chi connectivity index (χ0n) is 14.9. The molecule has 0 aliphatic rings. The van der Waals surface area contributed by atoms with Crippen LogP contribution in [0, 0.1) is 5.92 Å². The average molecular weight is 347 g/mol. The van der Waals surface area contributed by atoms with Crippen LogP contribution < -0.4 is 0 Å². The Kier molecular flexibility index (Phi) is 4.43. The summed E-state index contributed by atoms with van der Waals surface area (Å²) < 4.78 is 3.74. The molecule has 0 bridgehead atoms. The first-order valence-electron chi connectivity index (χ1n) is 8.82. The van der Waals surface area contributed by atoms with E-state index in [0.29, 0.717) is 12.5 Å². The Morgan fingerprint density at radius 1 is 1.12 bits per heavy atom. The largest absolute Gasteiger partial charge is 0.254 e. The minimum absolute atomic E-state index is 0.500. The third-order valence-electron chi connectivity index (χ3n) is 4.18. The maximum atomic E-state index is 4.80. The molecule has 0 spiro atoms. The lowest BCUT2D eigenvalue weighted by Crippen LogP contribution is -2.09. The van der Waals surface area contributed by atoms with Gasteiger partial charge in [-0.25, -0.2) is 14.6 Å². The van der Waals surface area contributed by atoms with Crippen LogP contribution in [-0.4, -0.2) is 34.5 Å². The Hall–Kier alpha value is -3.09. The van der Waals surface area contributed by atoms with Crippen molar-refractivity contribution in [2.75, 3.05) is 0 Å². The number of hydrogen-bond acceptors (Lipinski definition) is 5. The number of benzene rings is 1. The number of aryl methyl sites for hydroxylation is 2. The van der Waals surface area contributed by atoms with Gasteiger partial charge in [-0.15, -0.1) is 0 Å². The molecule has 7 heteroatoms. The standard InChI is InChI=1S/C19H21N7/c1-14(2)11-17-23-18(8-10-25-13-20-12-22-25)26(24-17)16-7-3-5-15-6-4-9-21-19(15)16/h3-7,9,12-14H,8,10-11H2,1-2H3. The third-order valence-corrected chi connectivity index (χ3v) is 4.18. The third kappa shape index (κ3) is 3.33. The molecule has 1 aromatic carbocycles. The topological polar surface area (TPSA) is 74.3 Å². The highest BCUT2D eigenvalue weighted by Crippen LogP contribution is 2.21. The van der Waals surface area contributed by atoms with Gasteiger partial charge in [0.25, 0.3) is 0 Å². The summed E-state index contributed by atoms with van der Waals surface area (Å²) in [5, 5.41) is 10.1. The molecule has 0 N–H and O–H groups in total. The van der Waals surface area contributed by atoms with E-state index in [1.54, 1.807) is 12.7 Å². The van der Waals surface area contributed by atoms with Gasteiger partial charge in [-0.1, -0.05) is 32.0 Å².